The van der Waals surface area contributed by atoms with E-state index in [0.717, 1.165) is 11.0 Å². The number of fused-ring (bicyclic) bond motifs is 1. The van der Waals surface area contributed by atoms with Crippen LogP contribution in [0.15, 0.2) is 24.3 Å². The first kappa shape index (κ1) is 7.84. The van der Waals surface area contributed by atoms with Crippen molar-refractivity contribution >= 4 is 11.0 Å². The van der Waals surface area contributed by atoms with E-state index in [2.05, 4.69) is 21.8 Å². The zero-order valence-corrected chi connectivity index (χ0v) is 6.91. The summed E-state index contributed by atoms with van der Waals surface area (Å²) in [5, 5.41) is 8.49. The number of nitrogens with one attached hydrogen (secondary N) is 1. The van der Waals surface area contributed by atoms with Crippen molar-refractivity contribution in [3.05, 3.63) is 30.1 Å². The molecule has 0 fully saturated rings. The normalized spacial score (nSPS) is 9.62. The second-order valence-corrected chi connectivity index (χ2v) is 2.56. The highest BCUT2D eigenvalue weighted by Gasteiger charge is 1.96. The van der Waals surface area contributed by atoms with Crippen LogP contribution in [0.1, 0.15) is 5.82 Å². The maximum atomic E-state index is 8.49. The van der Waals surface area contributed by atoms with Gasteiger partial charge in [0.2, 0.25) is 0 Å². The average molecular weight is 172 g/mol. The van der Waals surface area contributed by atoms with E-state index in [1.807, 2.05) is 24.3 Å². The Balaban J connectivity index is 2.50. The Labute approximate surface area is 75.4 Å². The summed E-state index contributed by atoms with van der Waals surface area (Å²) >= 11 is 0. The standard InChI is InChI=1S/C10H8N2O/c13-7-3-6-10-11-8-4-1-2-5-9(8)12-10/h1-2,4-5,13H,7H2,(H,11,12). The van der Waals surface area contributed by atoms with Crippen molar-refractivity contribution in [1.29, 1.82) is 0 Å². The van der Waals surface area contributed by atoms with E-state index in [-0.39, 0.29) is 6.61 Å². The van der Waals surface area contributed by atoms with Crippen LogP contribution in [0.2, 0.25) is 0 Å². The number of para-hydroxylation sites is 2. The van der Waals surface area contributed by atoms with E-state index in [9.17, 15) is 0 Å². The number of rotatable bonds is 0. The lowest BCUT2D eigenvalue weighted by Gasteiger charge is -1.81. The Bertz CT molecular complexity index is 443. The Morgan fingerprint density at radius 1 is 1.38 bits per heavy atom. The highest BCUT2D eigenvalue weighted by molar-refractivity contribution is 5.75. The lowest BCUT2D eigenvalue weighted by molar-refractivity contribution is 0.350. The number of aromatic nitrogens is 2. The highest BCUT2D eigenvalue weighted by atomic mass is 16.2. The van der Waals surface area contributed by atoms with Gasteiger partial charge in [-0.2, -0.15) is 0 Å². The molecule has 0 saturated heterocycles. The first-order valence-corrected chi connectivity index (χ1v) is 3.94. The van der Waals surface area contributed by atoms with Crippen LogP contribution in [-0.4, -0.2) is 21.7 Å². The first-order valence-electron chi connectivity index (χ1n) is 3.94. The zero-order valence-electron chi connectivity index (χ0n) is 6.91. The number of aromatic amines is 1. The summed E-state index contributed by atoms with van der Waals surface area (Å²) in [5.74, 6) is 5.85. The Hall–Kier alpha value is -1.79. The predicted octanol–water partition coefficient (Wildman–Crippen LogP) is 0.907. The smallest absolute Gasteiger partial charge is 0.183 e. The summed E-state index contributed by atoms with van der Waals surface area (Å²) in [4.78, 5) is 7.24. The molecule has 64 valence electrons. The van der Waals surface area contributed by atoms with Gasteiger partial charge >= 0.3 is 0 Å². The fraction of sp³-hybridized carbons (Fsp3) is 0.100. The number of aliphatic hydroxyl groups is 1. The molecule has 2 aromatic rings. The average Bonchev–Trinajstić information content (AvgIpc) is 2.57. The van der Waals surface area contributed by atoms with Gasteiger partial charge in [0.05, 0.1) is 11.0 Å². The van der Waals surface area contributed by atoms with E-state index in [4.69, 9.17) is 5.11 Å². The number of aliphatic hydroxyl groups excluding tert-OH is 1. The molecule has 2 rings (SSSR count). The van der Waals surface area contributed by atoms with Crippen molar-refractivity contribution in [1.82, 2.24) is 9.97 Å². The van der Waals surface area contributed by atoms with Gasteiger partial charge in [-0.25, -0.2) is 4.98 Å². The number of benzene rings is 1. The van der Waals surface area contributed by atoms with E-state index in [1.165, 1.54) is 0 Å². The second kappa shape index (κ2) is 3.30. The summed E-state index contributed by atoms with van der Waals surface area (Å²) < 4.78 is 0. The molecule has 0 radical (unpaired) electrons. The summed E-state index contributed by atoms with van der Waals surface area (Å²) in [6, 6.07) is 7.71. The molecule has 0 spiro atoms. The number of hydrogen-bond acceptors (Lipinski definition) is 2. The van der Waals surface area contributed by atoms with Crippen LogP contribution in [0.5, 0.6) is 0 Å². The van der Waals surface area contributed by atoms with Gasteiger partial charge in [-0.05, 0) is 18.1 Å². The number of hydrogen-bond donors (Lipinski definition) is 2. The van der Waals surface area contributed by atoms with Crippen molar-refractivity contribution in [2.45, 2.75) is 0 Å². The molecule has 2 N–H and O–H groups in total. The molecule has 0 aliphatic carbocycles. The van der Waals surface area contributed by atoms with Crippen LogP contribution in [0, 0.1) is 11.8 Å². The predicted molar refractivity (Wildman–Crippen MR) is 50.1 cm³/mol. The van der Waals surface area contributed by atoms with Gasteiger partial charge in [0, 0.05) is 0 Å². The molecule has 3 nitrogen and oxygen atoms in total. The Morgan fingerprint density at radius 2 is 2.23 bits per heavy atom. The zero-order chi connectivity index (χ0) is 9.10. The summed E-state index contributed by atoms with van der Waals surface area (Å²) in [7, 11) is 0. The molecular formula is C10H8N2O. The van der Waals surface area contributed by atoms with Crippen molar-refractivity contribution in [2.75, 3.05) is 6.61 Å². The third-order valence-electron chi connectivity index (χ3n) is 1.68. The van der Waals surface area contributed by atoms with Crippen molar-refractivity contribution in [2.24, 2.45) is 0 Å². The molecule has 0 atom stereocenters. The third-order valence-corrected chi connectivity index (χ3v) is 1.68. The van der Waals surface area contributed by atoms with E-state index in [0.29, 0.717) is 5.82 Å². The van der Waals surface area contributed by atoms with E-state index >= 15 is 0 Å². The van der Waals surface area contributed by atoms with Crippen LogP contribution in [-0.2, 0) is 0 Å². The van der Waals surface area contributed by atoms with Crippen molar-refractivity contribution in [3.8, 4) is 11.8 Å². The Morgan fingerprint density at radius 3 is 3.00 bits per heavy atom. The second-order valence-electron chi connectivity index (χ2n) is 2.56. The van der Waals surface area contributed by atoms with Gasteiger partial charge in [0.1, 0.15) is 6.61 Å². The van der Waals surface area contributed by atoms with E-state index in [1.54, 1.807) is 0 Å². The van der Waals surface area contributed by atoms with Gasteiger partial charge in [-0.3, -0.25) is 0 Å². The number of H-pyrrole nitrogens is 1. The lowest BCUT2D eigenvalue weighted by atomic mass is 10.3. The molecule has 0 unspecified atom stereocenters. The molecular weight excluding hydrogens is 164 g/mol. The van der Waals surface area contributed by atoms with Crippen LogP contribution >= 0.6 is 0 Å². The Kier molecular flexibility index (Phi) is 1.99. The summed E-state index contributed by atoms with van der Waals surface area (Å²) in [5.41, 5.74) is 1.86. The van der Waals surface area contributed by atoms with Crippen molar-refractivity contribution in [3.63, 3.8) is 0 Å². The topological polar surface area (TPSA) is 48.9 Å². The van der Waals surface area contributed by atoms with Gasteiger partial charge in [-0.1, -0.05) is 18.1 Å². The minimum absolute atomic E-state index is 0.142. The van der Waals surface area contributed by atoms with Crippen molar-refractivity contribution < 1.29 is 5.11 Å². The maximum Gasteiger partial charge on any atom is 0.183 e. The fourth-order valence-corrected chi connectivity index (χ4v) is 1.14. The maximum absolute atomic E-state index is 8.49. The molecule has 1 aromatic carbocycles. The molecule has 0 bridgehead atoms. The molecule has 0 aliphatic heterocycles. The quantitative estimate of drug-likeness (QED) is 0.580. The monoisotopic (exact) mass is 172 g/mol. The number of imidazole rings is 1. The van der Waals surface area contributed by atoms with Gasteiger partial charge in [0.25, 0.3) is 0 Å². The lowest BCUT2D eigenvalue weighted by Crippen LogP contribution is -1.77. The van der Waals surface area contributed by atoms with E-state index < -0.39 is 0 Å². The molecule has 1 heterocycles. The van der Waals surface area contributed by atoms with Gasteiger partial charge < -0.3 is 10.1 Å². The molecule has 0 aliphatic rings. The largest absolute Gasteiger partial charge is 0.384 e. The van der Waals surface area contributed by atoms with Gasteiger partial charge in [-0.15, -0.1) is 0 Å². The van der Waals surface area contributed by atoms with Crippen LogP contribution in [0.4, 0.5) is 0 Å². The summed E-state index contributed by atoms with van der Waals surface area (Å²) in [6.07, 6.45) is 0. The van der Waals surface area contributed by atoms with Gasteiger partial charge in [0.15, 0.2) is 5.82 Å². The SMILES string of the molecule is OCC#Cc1nc2ccccc2[nH]1. The minimum Gasteiger partial charge on any atom is -0.384 e. The fourth-order valence-electron chi connectivity index (χ4n) is 1.14. The minimum atomic E-state index is -0.142. The van der Waals surface area contributed by atoms with Crippen LogP contribution < -0.4 is 0 Å². The first-order chi connectivity index (χ1) is 6.40. The van der Waals surface area contributed by atoms with Crippen LogP contribution in [0.3, 0.4) is 0 Å². The molecule has 3 heteroatoms. The molecule has 0 amide bonds. The van der Waals surface area contributed by atoms with Crippen LogP contribution in [0.25, 0.3) is 11.0 Å². The molecule has 13 heavy (non-hydrogen) atoms. The third kappa shape index (κ3) is 1.53. The highest BCUT2D eigenvalue weighted by Crippen LogP contribution is 2.08. The molecule has 1 aromatic heterocycles. The molecule has 0 saturated carbocycles. The number of nitrogens with zero attached hydrogens (tertiary/aromatic N) is 1. The summed E-state index contributed by atoms with van der Waals surface area (Å²) in [6.45, 7) is -0.142.